The molecule has 1 heterocycles. The molecule has 1 aliphatic rings. The lowest BCUT2D eigenvalue weighted by molar-refractivity contribution is 0.0518. The highest BCUT2D eigenvalue weighted by atomic mass is 16.5. The van der Waals surface area contributed by atoms with E-state index in [2.05, 4.69) is 68.4 Å². The largest absolute Gasteiger partial charge is 0.507 e. The molecule has 0 unspecified atom stereocenters. The highest BCUT2D eigenvalue weighted by Crippen LogP contribution is 2.46. The van der Waals surface area contributed by atoms with Crippen LogP contribution in [0, 0.1) is 17.8 Å². The van der Waals surface area contributed by atoms with E-state index < -0.39 is 0 Å². The molecule has 2 nitrogen and oxygen atoms in total. The van der Waals surface area contributed by atoms with E-state index in [9.17, 15) is 5.11 Å². The molecule has 1 aromatic rings. The van der Waals surface area contributed by atoms with Gasteiger partial charge in [0.25, 0.3) is 0 Å². The van der Waals surface area contributed by atoms with Gasteiger partial charge in [-0.15, -0.1) is 0 Å². The summed E-state index contributed by atoms with van der Waals surface area (Å²) in [5.41, 5.74) is 3.29. The average Bonchev–Trinajstić information content (AvgIpc) is 2.72. The third kappa shape index (κ3) is 8.49. The zero-order valence-corrected chi connectivity index (χ0v) is 24.1. The molecule has 34 heavy (non-hydrogen) atoms. The van der Waals surface area contributed by atoms with Gasteiger partial charge in [-0.2, -0.15) is 0 Å². The Morgan fingerprint density at radius 1 is 0.824 bits per heavy atom. The van der Waals surface area contributed by atoms with Gasteiger partial charge >= 0.3 is 0 Å². The van der Waals surface area contributed by atoms with Crippen LogP contribution in [-0.2, 0) is 6.42 Å². The third-order valence-electron chi connectivity index (χ3n) is 8.17. The van der Waals surface area contributed by atoms with Crippen molar-refractivity contribution in [1.29, 1.82) is 0 Å². The first-order valence-electron chi connectivity index (χ1n) is 14.5. The Balaban J connectivity index is 1.84. The van der Waals surface area contributed by atoms with E-state index in [-0.39, 0.29) is 5.60 Å². The Hall–Kier alpha value is -1.18. The van der Waals surface area contributed by atoms with E-state index in [0.717, 1.165) is 53.9 Å². The molecule has 0 bridgehead atoms. The van der Waals surface area contributed by atoms with Crippen LogP contribution in [0.3, 0.4) is 0 Å². The van der Waals surface area contributed by atoms with E-state index >= 15 is 0 Å². The van der Waals surface area contributed by atoms with E-state index in [1.54, 1.807) is 0 Å². The molecule has 0 saturated carbocycles. The van der Waals surface area contributed by atoms with Crippen LogP contribution in [0.4, 0.5) is 0 Å². The molecule has 0 saturated heterocycles. The first kappa shape index (κ1) is 29.1. The van der Waals surface area contributed by atoms with E-state index in [0.29, 0.717) is 17.6 Å². The van der Waals surface area contributed by atoms with Crippen molar-refractivity contribution in [2.45, 2.75) is 150 Å². The van der Waals surface area contributed by atoms with Gasteiger partial charge in [-0.25, -0.2) is 0 Å². The van der Waals surface area contributed by atoms with Gasteiger partial charge in [-0.05, 0) is 68.3 Å². The summed E-state index contributed by atoms with van der Waals surface area (Å²) in [6, 6.07) is 2.13. The smallest absolute Gasteiger partial charge is 0.124 e. The van der Waals surface area contributed by atoms with Gasteiger partial charge in [-0.1, -0.05) is 100 Å². The van der Waals surface area contributed by atoms with Crippen LogP contribution in [-0.4, -0.2) is 10.7 Å². The second kappa shape index (κ2) is 13.2. The number of ether oxygens (including phenoxy) is 1. The zero-order valence-electron chi connectivity index (χ0n) is 24.1. The monoisotopic (exact) mass is 472 g/mol. The molecule has 1 N–H and O–H groups in total. The van der Waals surface area contributed by atoms with Crippen LogP contribution >= 0.6 is 0 Å². The fraction of sp³-hybridized carbons (Fsp3) is 0.812. The van der Waals surface area contributed by atoms with Gasteiger partial charge < -0.3 is 9.84 Å². The molecule has 1 aromatic carbocycles. The van der Waals surface area contributed by atoms with Crippen molar-refractivity contribution in [3.05, 3.63) is 22.8 Å². The Kier molecular flexibility index (Phi) is 11.3. The molecular weight excluding hydrogens is 416 g/mol. The summed E-state index contributed by atoms with van der Waals surface area (Å²) in [7, 11) is 0. The molecule has 0 radical (unpaired) electrons. The molecule has 196 valence electrons. The van der Waals surface area contributed by atoms with Crippen molar-refractivity contribution < 1.29 is 9.84 Å². The van der Waals surface area contributed by atoms with Crippen LogP contribution in [0.15, 0.2) is 6.07 Å². The first-order valence-corrected chi connectivity index (χ1v) is 14.5. The number of benzene rings is 1. The number of aromatic hydroxyl groups is 1. The summed E-state index contributed by atoms with van der Waals surface area (Å²) in [6.07, 6.45) is 14.0. The minimum atomic E-state index is -0.0862. The van der Waals surface area contributed by atoms with Crippen molar-refractivity contribution in [1.82, 2.24) is 0 Å². The van der Waals surface area contributed by atoms with Crippen molar-refractivity contribution in [3.63, 3.8) is 0 Å². The van der Waals surface area contributed by atoms with Gasteiger partial charge in [-0.3, -0.25) is 0 Å². The number of hydrogen-bond donors (Lipinski definition) is 1. The highest BCUT2D eigenvalue weighted by Gasteiger charge is 2.34. The Morgan fingerprint density at radius 2 is 1.38 bits per heavy atom. The van der Waals surface area contributed by atoms with Crippen molar-refractivity contribution in [3.8, 4) is 11.5 Å². The quantitative estimate of drug-likeness (QED) is 0.292. The minimum Gasteiger partial charge on any atom is -0.507 e. The van der Waals surface area contributed by atoms with E-state index in [1.807, 2.05) is 0 Å². The van der Waals surface area contributed by atoms with Gasteiger partial charge in [0.1, 0.15) is 17.1 Å². The molecule has 0 aromatic heterocycles. The standard InChI is InChI=1S/C32H56O2/c1-22(2)13-10-14-25(7)15-11-16-26(8)17-12-19-32(9)20-18-27-29(34-32)21-28(23(3)4)31(33)30(27)24(5)6/h21-26,33H,10-20H2,1-9H3/t25-,26-,32-/m1/s1. The molecule has 2 rings (SSSR count). The average molecular weight is 473 g/mol. The van der Waals surface area contributed by atoms with E-state index in [4.69, 9.17) is 4.74 Å². The summed E-state index contributed by atoms with van der Waals surface area (Å²) in [5.74, 6) is 4.65. The summed E-state index contributed by atoms with van der Waals surface area (Å²) in [6.45, 7) is 20.5. The number of hydrogen-bond acceptors (Lipinski definition) is 2. The van der Waals surface area contributed by atoms with Crippen molar-refractivity contribution in [2.24, 2.45) is 17.8 Å². The van der Waals surface area contributed by atoms with Crippen LogP contribution in [0.1, 0.15) is 155 Å². The van der Waals surface area contributed by atoms with Gasteiger partial charge in [0.2, 0.25) is 0 Å². The molecule has 0 spiro atoms. The first-order chi connectivity index (χ1) is 15.9. The molecule has 0 amide bonds. The lowest BCUT2D eigenvalue weighted by Crippen LogP contribution is -2.37. The third-order valence-corrected chi connectivity index (χ3v) is 8.17. The fourth-order valence-electron chi connectivity index (χ4n) is 5.82. The van der Waals surface area contributed by atoms with Gasteiger partial charge in [0, 0.05) is 16.7 Å². The normalized spacial score (nSPS) is 20.0. The summed E-state index contributed by atoms with van der Waals surface area (Å²) in [5, 5.41) is 10.9. The number of fused-ring (bicyclic) bond motifs is 1. The molecule has 0 fully saturated rings. The molecular formula is C32H56O2. The SMILES string of the molecule is CC(C)CCC[C@@H](C)CCC[C@@H](C)CCC[C@]1(C)CCc2c(cc(C(C)C)c(O)c2C(C)C)O1. The van der Waals surface area contributed by atoms with Gasteiger partial charge in [0.05, 0.1) is 0 Å². The Bertz CT molecular complexity index is 748. The second-order valence-electron chi connectivity index (χ2n) is 12.9. The molecule has 2 heteroatoms. The van der Waals surface area contributed by atoms with Crippen LogP contribution < -0.4 is 4.74 Å². The molecule has 1 aliphatic heterocycles. The Labute approximate surface area is 212 Å². The predicted molar refractivity (Wildman–Crippen MR) is 148 cm³/mol. The van der Waals surface area contributed by atoms with Gasteiger partial charge in [0.15, 0.2) is 0 Å². The lowest BCUT2D eigenvalue weighted by Gasteiger charge is -2.38. The minimum absolute atomic E-state index is 0.0862. The van der Waals surface area contributed by atoms with Crippen LogP contribution in [0.5, 0.6) is 11.5 Å². The lowest BCUT2D eigenvalue weighted by atomic mass is 9.81. The number of phenols is 1. The topological polar surface area (TPSA) is 29.5 Å². The fourth-order valence-corrected chi connectivity index (χ4v) is 5.82. The van der Waals surface area contributed by atoms with Crippen LogP contribution in [0.2, 0.25) is 0 Å². The van der Waals surface area contributed by atoms with Crippen molar-refractivity contribution >= 4 is 0 Å². The maximum atomic E-state index is 10.9. The number of phenolic OH excluding ortho intramolecular Hbond substituents is 1. The maximum absolute atomic E-state index is 10.9. The zero-order chi connectivity index (χ0) is 25.5. The molecule has 0 aliphatic carbocycles. The summed E-state index contributed by atoms with van der Waals surface area (Å²) in [4.78, 5) is 0. The van der Waals surface area contributed by atoms with Crippen molar-refractivity contribution in [2.75, 3.05) is 0 Å². The Morgan fingerprint density at radius 3 is 1.91 bits per heavy atom. The second-order valence-corrected chi connectivity index (χ2v) is 12.9. The summed E-state index contributed by atoms with van der Waals surface area (Å²) < 4.78 is 6.69. The highest BCUT2D eigenvalue weighted by molar-refractivity contribution is 5.56. The molecule has 3 atom stereocenters. The number of rotatable bonds is 14. The maximum Gasteiger partial charge on any atom is 0.124 e. The predicted octanol–water partition coefficient (Wildman–Crippen LogP) is 10.2. The summed E-state index contributed by atoms with van der Waals surface area (Å²) >= 11 is 0. The van der Waals surface area contributed by atoms with Crippen LogP contribution in [0.25, 0.3) is 0 Å². The van der Waals surface area contributed by atoms with E-state index in [1.165, 1.54) is 56.9 Å².